The Labute approximate surface area is 126 Å². The molecule has 0 saturated carbocycles. The zero-order valence-electron chi connectivity index (χ0n) is 11.5. The fourth-order valence-electron chi connectivity index (χ4n) is 2.05. The van der Waals surface area contributed by atoms with Crippen molar-refractivity contribution in [1.82, 2.24) is 15.0 Å². The summed E-state index contributed by atoms with van der Waals surface area (Å²) in [6.45, 7) is 0.144. The van der Waals surface area contributed by atoms with Crippen molar-refractivity contribution < 1.29 is 4.79 Å². The summed E-state index contributed by atoms with van der Waals surface area (Å²) in [6.07, 6.45) is 2.02. The lowest BCUT2D eigenvalue weighted by Crippen LogP contribution is -2.19. The molecule has 1 N–H and O–H groups in total. The third-order valence-electron chi connectivity index (χ3n) is 3.09. The number of para-hydroxylation sites is 1. The minimum atomic E-state index is -0.123. The largest absolute Gasteiger partial charge is 0.324 e. The van der Waals surface area contributed by atoms with Crippen LogP contribution in [0.4, 0.5) is 5.69 Å². The number of rotatable bonds is 4. The molecule has 0 aliphatic heterocycles. The molecule has 0 radical (unpaired) electrons. The molecule has 5 nitrogen and oxygen atoms in total. The van der Waals surface area contributed by atoms with Crippen LogP contribution in [0.3, 0.4) is 0 Å². The molecular weight excluding hydrogens is 284 g/mol. The van der Waals surface area contributed by atoms with Gasteiger partial charge in [-0.15, -0.1) is 16.9 Å². The highest BCUT2D eigenvalue weighted by Crippen LogP contribution is 2.17. The Bertz CT molecular complexity index is 767. The molecule has 6 heteroatoms. The van der Waals surface area contributed by atoms with Crippen molar-refractivity contribution in [2.24, 2.45) is 0 Å². The van der Waals surface area contributed by atoms with E-state index in [4.69, 9.17) is 0 Å². The van der Waals surface area contributed by atoms with Gasteiger partial charge in [-0.25, -0.2) is 4.68 Å². The van der Waals surface area contributed by atoms with Gasteiger partial charge in [-0.1, -0.05) is 17.3 Å². The van der Waals surface area contributed by atoms with E-state index in [0.717, 1.165) is 21.6 Å². The highest BCUT2D eigenvalue weighted by Gasteiger charge is 2.08. The van der Waals surface area contributed by atoms with Crippen molar-refractivity contribution in [2.75, 3.05) is 11.6 Å². The molecular formula is C15H14N4OS. The van der Waals surface area contributed by atoms with Crippen LogP contribution in [0.1, 0.15) is 0 Å². The zero-order valence-corrected chi connectivity index (χ0v) is 12.3. The van der Waals surface area contributed by atoms with Gasteiger partial charge in [0, 0.05) is 10.6 Å². The molecule has 0 bridgehead atoms. The molecule has 21 heavy (non-hydrogen) atoms. The Kier molecular flexibility index (Phi) is 3.87. The van der Waals surface area contributed by atoms with Gasteiger partial charge in [-0.05, 0) is 42.7 Å². The van der Waals surface area contributed by atoms with Gasteiger partial charge in [0.05, 0.1) is 5.52 Å². The van der Waals surface area contributed by atoms with Gasteiger partial charge in [0.2, 0.25) is 5.91 Å². The van der Waals surface area contributed by atoms with Crippen molar-refractivity contribution >= 4 is 34.4 Å². The zero-order chi connectivity index (χ0) is 14.7. The quantitative estimate of drug-likeness (QED) is 0.752. The van der Waals surface area contributed by atoms with E-state index in [1.165, 1.54) is 0 Å². The first kappa shape index (κ1) is 13.6. The SMILES string of the molecule is CSc1ccc(NC(=O)Cn2nnc3ccccc32)cc1. The fourth-order valence-corrected chi connectivity index (χ4v) is 2.45. The number of nitrogens with one attached hydrogen (secondary N) is 1. The smallest absolute Gasteiger partial charge is 0.246 e. The predicted molar refractivity (Wildman–Crippen MR) is 84.4 cm³/mol. The van der Waals surface area contributed by atoms with Crippen molar-refractivity contribution in [3.63, 3.8) is 0 Å². The van der Waals surface area contributed by atoms with Crippen molar-refractivity contribution in [1.29, 1.82) is 0 Å². The molecule has 3 rings (SSSR count). The lowest BCUT2D eigenvalue weighted by molar-refractivity contribution is -0.116. The van der Waals surface area contributed by atoms with E-state index >= 15 is 0 Å². The van der Waals surface area contributed by atoms with Crippen LogP contribution in [0.15, 0.2) is 53.4 Å². The van der Waals surface area contributed by atoms with E-state index < -0.39 is 0 Å². The molecule has 0 unspecified atom stereocenters. The van der Waals surface area contributed by atoms with Crippen molar-refractivity contribution in [3.05, 3.63) is 48.5 Å². The number of thioether (sulfide) groups is 1. The van der Waals surface area contributed by atoms with Crippen LogP contribution >= 0.6 is 11.8 Å². The monoisotopic (exact) mass is 298 g/mol. The van der Waals surface area contributed by atoms with Crippen molar-refractivity contribution in [2.45, 2.75) is 11.4 Å². The number of benzene rings is 2. The maximum Gasteiger partial charge on any atom is 0.246 e. The standard InChI is InChI=1S/C15H14N4OS/c1-21-12-8-6-11(7-9-12)16-15(20)10-19-14-5-3-2-4-13(14)17-18-19/h2-9H,10H2,1H3,(H,16,20). The number of anilines is 1. The summed E-state index contributed by atoms with van der Waals surface area (Å²) in [7, 11) is 0. The van der Waals surface area contributed by atoms with Gasteiger partial charge in [-0.3, -0.25) is 4.79 Å². The Morgan fingerprint density at radius 1 is 1.19 bits per heavy atom. The lowest BCUT2D eigenvalue weighted by atomic mass is 10.3. The van der Waals surface area contributed by atoms with Crippen LogP contribution in [-0.2, 0) is 11.3 Å². The number of carbonyl (C=O) groups excluding carboxylic acids is 1. The average molecular weight is 298 g/mol. The van der Waals surface area contributed by atoms with Crippen molar-refractivity contribution in [3.8, 4) is 0 Å². The molecule has 1 aromatic heterocycles. The molecule has 106 valence electrons. The van der Waals surface area contributed by atoms with E-state index in [9.17, 15) is 4.79 Å². The summed E-state index contributed by atoms with van der Waals surface area (Å²) in [5.74, 6) is -0.123. The number of amides is 1. The van der Waals surface area contributed by atoms with Crippen LogP contribution in [0.2, 0.25) is 0 Å². The Morgan fingerprint density at radius 3 is 2.71 bits per heavy atom. The summed E-state index contributed by atoms with van der Waals surface area (Å²) >= 11 is 1.67. The van der Waals surface area contributed by atoms with Crippen LogP contribution in [-0.4, -0.2) is 27.2 Å². The maximum atomic E-state index is 12.1. The number of carbonyl (C=O) groups is 1. The predicted octanol–water partition coefficient (Wildman–Crippen LogP) is 2.79. The topological polar surface area (TPSA) is 59.8 Å². The molecule has 0 aliphatic rings. The Hall–Kier alpha value is -2.34. The summed E-state index contributed by atoms with van der Waals surface area (Å²) in [6, 6.07) is 15.3. The van der Waals surface area contributed by atoms with Crippen LogP contribution < -0.4 is 5.32 Å². The second-order valence-corrected chi connectivity index (χ2v) is 5.39. The molecule has 0 fully saturated rings. The van der Waals surface area contributed by atoms with E-state index in [0.29, 0.717) is 0 Å². The van der Waals surface area contributed by atoms with Crippen LogP contribution in [0, 0.1) is 0 Å². The summed E-state index contributed by atoms with van der Waals surface area (Å²) in [4.78, 5) is 13.2. The Balaban J connectivity index is 1.71. The maximum absolute atomic E-state index is 12.1. The lowest BCUT2D eigenvalue weighted by Gasteiger charge is -2.06. The molecule has 1 heterocycles. The van der Waals surface area contributed by atoms with Gasteiger partial charge in [0.25, 0.3) is 0 Å². The molecule has 0 saturated heterocycles. The molecule has 1 amide bonds. The third kappa shape index (κ3) is 3.05. The second kappa shape index (κ2) is 5.97. The first-order chi connectivity index (χ1) is 10.3. The minimum absolute atomic E-state index is 0.123. The highest BCUT2D eigenvalue weighted by molar-refractivity contribution is 7.98. The molecule has 0 spiro atoms. The van der Waals surface area contributed by atoms with Gasteiger partial charge in [0.1, 0.15) is 12.1 Å². The van der Waals surface area contributed by atoms with E-state index in [1.807, 2.05) is 54.8 Å². The normalized spacial score (nSPS) is 10.7. The number of fused-ring (bicyclic) bond motifs is 1. The molecule has 0 atom stereocenters. The first-order valence-electron chi connectivity index (χ1n) is 6.48. The van der Waals surface area contributed by atoms with E-state index in [2.05, 4.69) is 15.6 Å². The summed E-state index contributed by atoms with van der Waals surface area (Å²) in [5.41, 5.74) is 2.42. The highest BCUT2D eigenvalue weighted by atomic mass is 32.2. The summed E-state index contributed by atoms with van der Waals surface area (Å²) in [5, 5.41) is 10.9. The number of hydrogen-bond acceptors (Lipinski definition) is 4. The summed E-state index contributed by atoms with van der Waals surface area (Å²) < 4.78 is 1.60. The van der Waals surface area contributed by atoms with E-state index in [-0.39, 0.29) is 12.5 Å². The van der Waals surface area contributed by atoms with Gasteiger partial charge in [0.15, 0.2) is 0 Å². The minimum Gasteiger partial charge on any atom is -0.324 e. The molecule has 0 aliphatic carbocycles. The Morgan fingerprint density at radius 2 is 1.95 bits per heavy atom. The van der Waals surface area contributed by atoms with Crippen LogP contribution in [0.25, 0.3) is 11.0 Å². The average Bonchev–Trinajstić information content (AvgIpc) is 2.91. The van der Waals surface area contributed by atoms with Gasteiger partial charge >= 0.3 is 0 Å². The molecule has 2 aromatic carbocycles. The van der Waals surface area contributed by atoms with Gasteiger partial charge < -0.3 is 5.32 Å². The number of nitrogens with zero attached hydrogens (tertiary/aromatic N) is 3. The number of hydrogen-bond donors (Lipinski definition) is 1. The van der Waals surface area contributed by atoms with Crippen LogP contribution in [0.5, 0.6) is 0 Å². The van der Waals surface area contributed by atoms with E-state index in [1.54, 1.807) is 16.4 Å². The fraction of sp³-hybridized carbons (Fsp3) is 0.133. The number of aromatic nitrogens is 3. The van der Waals surface area contributed by atoms with Gasteiger partial charge in [-0.2, -0.15) is 0 Å². The second-order valence-electron chi connectivity index (χ2n) is 4.51. The first-order valence-corrected chi connectivity index (χ1v) is 7.71. The molecule has 3 aromatic rings. The third-order valence-corrected chi connectivity index (χ3v) is 3.83.